The fourth-order valence-electron chi connectivity index (χ4n) is 6.21. The molecule has 0 aliphatic carbocycles. The van der Waals surface area contributed by atoms with E-state index in [-0.39, 0.29) is 5.41 Å². The summed E-state index contributed by atoms with van der Waals surface area (Å²) in [4.78, 5) is 2.52. The molecule has 0 aromatic heterocycles. The molecule has 2 heterocycles. The molecule has 4 aromatic rings. The molecular formula is C35H37F6N2Sb. The quantitative estimate of drug-likeness (QED) is 0.113. The van der Waals surface area contributed by atoms with Crippen molar-refractivity contribution in [2.45, 2.75) is 52.0 Å². The minimum atomic E-state index is -11.2. The van der Waals surface area contributed by atoms with Crippen molar-refractivity contribution in [1.82, 2.24) is 0 Å². The molecule has 0 atom stereocenters. The van der Waals surface area contributed by atoms with Gasteiger partial charge < -0.3 is 4.90 Å². The first-order valence-corrected chi connectivity index (χ1v) is 20.6. The summed E-state index contributed by atoms with van der Waals surface area (Å²) >= 11 is -11.2. The van der Waals surface area contributed by atoms with Crippen LogP contribution in [-0.4, -0.2) is 42.9 Å². The Kier molecular flexibility index (Phi) is 8.24. The van der Waals surface area contributed by atoms with E-state index in [2.05, 4.69) is 127 Å². The first-order valence-electron chi connectivity index (χ1n) is 14.8. The number of aryl methyl sites for hydroxylation is 1. The predicted octanol–water partition coefficient (Wildman–Crippen LogP) is 10.6. The standard InChI is InChI=1S/C35H37N2.6FH.Sb/c1-26-11-13-28(14-12-26)25-37-32-21-18-29-9-5-6-10-31(29)34(32)35(2,3)33(37)22-17-27-15-19-30(20-16-27)36-23-7-4-8-24-36;;;;;;;/h5-6,9-22H,4,7-8,23-25H2,1-3H3;6*1H;/q+1;;;;;;;+5/p-6. The average Bonchev–Trinajstić information content (AvgIpc) is 3.17. The van der Waals surface area contributed by atoms with Crippen molar-refractivity contribution >= 4 is 53.4 Å². The first-order chi connectivity index (χ1) is 20.5. The molecular weight excluding hydrogens is 684 g/mol. The summed E-state index contributed by atoms with van der Waals surface area (Å²) in [7, 11) is 0. The molecule has 0 spiro atoms. The van der Waals surface area contributed by atoms with Crippen molar-refractivity contribution in [3.8, 4) is 0 Å². The Morgan fingerprint density at radius 1 is 0.750 bits per heavy atom. The Morgan fingerprint density at radius 3 is 2.00 bits per heavy atom. The molecule has 1 fully saturated rings. The number of hydrogen-bond donors (Lipinski definition) is 0. The van der Waals surface area contributed by atoms with E-state index >= 15 is 0 Å². The molecule has 9 heteroatoms. The summed E-state index contributed by atoms with van der Waals surface area (Å²) in [5.41, 5.74) is 9.23. The van der Waals surface area contributed by atoms with Gasteiger partial charge in [0.05, 0.1) is 5.41 Å². The summed E-state index contributed by atoms with van der Waals surface area (Å²) in [5.74, 6) is 0. The van der Waals surface area contributed by atoms with Gasteiger partial charge in [-0.05, 0) is 80.6 Å². The van der Waals surface area contributed by atoms with Gasteiger partial charge in [-0.1, -0.05) is 66.2 Å². The molecule has 0 N–H and O–H groups in total. The third-order valence-corrected chi connectivity index (χ3v) is 8.26. The van der Waals surface area contributed by atoms with Crippen LogP contribution in [0.1, 0.15) is 55.4 Å². The van der Waals surface area contributed by atoms with Crippen LogP contribution >= 0.6 is 0 Å². The maximum absolute atomic E-state index is 11.2. The minimum absolute atomic E-state index is 0.106. The van der Waals surface area contributed by atoms with Crippen LogP contribution in [0.2, 0.25) is 0 Å². The van der Waals surface area contributed by atoms with Crippen LogP contribution in [0.3, 0.4) is 0 Å². The summed E-state index contributed by atoms with van der Waals surface area (Å²) < 4.78 is 62.1. The van der Waals surface area contributed by atoms with Gasteiger partial charge >= 0.3 is 36.4 Å². The van der Waals surface area contributed by atoms with E-state index in [4.69, 9.17) is 0 Å². The number of piperidine rings is 1. The molecule has 0 bridgehead atoms. The van der Waals surface area contributed by atoms with E-state index in [1.807, 2.05) is 0 Å². The molecule has 0 radical (unpaired) electrons. The van der Waals surface area contributed by atoms with Crippen molar-refractivity contribution in [1.29, 1.82) is 0 Å². The number of rotatable bonds is 5. The second-order valence-corrected chi connectivity index (χ2v) is 17.7. The van der Waals surface area contributed by atoms with Gasteiger partial charge in [0.1, 0.15) is 0 Å². The van der Waals surface area contributed by atoms with Crippen molar-refractivity contribution in [3.63, 3.8) is 0 Å². The molecule has 4 aromatic carbocycles. The SMILES string of the molecule is Cc1ccc(C[N+]2=C(/C=C/c3ccc(N4CCCCC4)cc3)C(C)(C)c3c2ccc2ccccc32)cc1.[F][Sb-]([F])([F])([F])([F])[F]. The Labute approximate surface area is 257 Å². The van der Waals surface area contributed by atoms with Gasteiger partial charge in [0.15, 0.2) is 12.3 Å². The molecule has 234 valence electrons. The summed E-state index contributed by atoms with van der Waals surface area (Å²) in [6.45, 7) is 10.1. The van der Waals surface area contributed by atoms with Crippen LogP contribution in [0.25, 0.3) is 16.8 Å². The zero-order valence-electron chi connectivity index (χ0n) is 25.1. The number of allylic oxidation sites excluding steroid dienone is 1. The monoisotopic (exact) mass is 720 g/mol. The van der Waals surface area contributed by atoms with E-state index < -0.39 is 19.5 Å². The van der Waals surface area contributed by atoms with Crippen molar-refractivity contribution in [2.75, 3.05) is 18.0 Å². The predicted molar refractivity (Wildman–Crippen MR) is 171 cm³/mol. The zero-order valence-corrected chi connectivity index (χ0v) is 27.6. The number of benzene rings is 4. The van der Waals surface area contributed by atoms with Crippen molar-refractivity contribution in [3.05, 3.63) is 113 Å². The normalized spacial score (nSPS) is 18.1. The fourth-order valence-corrected chi connectivity index (χ4v) is 6.21. The Balaban J connectivity index is 0.000000493. The Morgan fingerprint density at radius 2 is 1.36 bits per heavy atom. The summed E-state index contributed by atoms with van der Waals surface area (Å²) in [6.07, 6.45) is 8.64. The van der Waals surface area contributed by atoms with E-state index in [1.165, 1.54) is 82.5 Å². The van der Waals surface area contributed by atoms with Crippen LogP contribution in [-0.2, 0) is 12.0 Å². The van der Waals surface area contributed by atoms with Gasteiger partial charge in [0.25, 0.3) is 0 Å². The Hall–Kier alpha value is -3.25. The van der Waals surface area contributed by atoms with Gasteiger partial charge in [-0.25, -0.2) is 0 Å². The summed E-state index contributed by atoms with van der Waals surface area (Å²) in [5, 5.41) is 2.66. The molecule has 6 rings (SSSR count). The van der Waals surface area contributed by atoms with Crippen LogP contribution < -0.4 is 4.90 Å². The van der Waals surface area contributed by atoms with Gasteiger partial charge in [-0.2, -0.15) is 4.58 Å². The molecule has 2 aliphatic rings. The van der Waals surface area contributed by atoms with Crippen LogP contribution in [0.15, 0.2) is 91.0 Å². The third kappa shape index (κ3) is 8.26. The average molecular weight is 721 g/mol. The Bertz CT molecular complexity index is 1710. The fraction of sp³-hybridized carbons (Fsp3) is 0.286. The molecule has 44 heavy (non-hydrogen) atoms. The van der Waals surface area contributed by atoms with Gasteiger partial charge in [-0.15, -0.1) is 0 Å². The van der Waals surface area contributed by atoms with Gasteiger partial charge in [0, 0.05) is 42.0 Å². The van der Waals surface area contributed by atoms with Crippen molar-refractivity contribution in [2.24, 2.45) is 0 Å². The second-order valence-electron chi connectivity index (χ2n) is 12.2. The number of anilines is 1. The van der Waals surface area contributed by atoms with Crippen LogP contribution in [0, 0.1) is 6.92 Å². The van der Waals surface area contributed by atoms with E-state index in [9.17, 15) is 16.9 Å². The maximum atomic E-state index is 9.93. The second kappa shape index (κ2) is 11.3. The van der Waals surface area contributed by atoms with E-state index in [1.54, 1.807) is 0 Å². The van der Waals surface area contributed by atoms with Crippen LogP contribution in [0.4, 0.5) is 28.3 Å². The van der Waals surface area contributed by atoms with Crippen LogP contribution in [0.5, 0.6) is 0 Å². The molecule has 2 nitrogen and oxygen atoms in total. The molecule has 1 saturated heterocycles. The number of nitrogens with zero attached hydrogens (tertiary/aromatic N) is 2. The first kappa shape index (κ1) is 32.2. The van der Waals surface area contributed by atoms with E-state index in [0.717, 1.165) is 6.54 Å². The van der Waals surface area contributed by atoms with Crippen molar-refractivity contribution < 1.29 is 21.5 Å². The van der Waals surface area contributed by atoms with E-state index in [0.29, 0.717) is 0 Å². The molecule has 0 unspecified atom stereocenters. The number of hydrogen-bond acceptors (Lipinski definition) is 1. The molecule has 0 amide bonds. The molecule has 2 aliphatic heterocycles. The van der Waals surface area contributed by atoms with Gasteiger partial charge in [0.2, 0.25) is 5.69 Å². The van der Waals surface area contributed by atoms with Gasteiger partial charge in [-0.3, -0.25) is 0 Å². The number of halogens is 6. The molecule has 0 saturated carbocycles. The topological polar surface area (TPSA) is 6.25 Å². The zero-order chi connectivity index (χ0) is 31.8. The summed E-state index contributed by atoms with van der Waals surface area (Å²) in [6, 6.07) is 31.5. The third-order valence-electron chi connectivity index (χ3n) is 8.26. The number of fused-ring (bicyclic) bond motifs is 3.